The molecule has 54 valence electrons. The summed E-state index contributed by atoms with van der Waals surface area (Å²) >= 11 is 0. The van der Waals surface area contributed by atoms with Crippen LogP contribution in [0.1, 0.15) is 39.0 Å². The first-order valence-corrected chi connectivity index (χ1v) is 4.17. The molecular weight excluding hydrogens is 110 g/mol. The van der Waals surface area contributed by atoms with Crippen molar-refractivity contribution in [3.05, 3.63) is 0 Å². The topological polar surface area (TPSA) is 12.0 Å². The van der Waals surface area contributed by atoms with E-state index in [0.717, 1.165) is 6.04 Å². The molecule has 0 aromatic heterocycles. The lowest BCUT2D eigenvalue weighted by atomic mass is 10.0. The van der Waals surface area contributed by atoms with E-state index in [1.54, 1.807) is 0 Å². The molecule has 1 N–H and O–H groups in total. The van der Waals surface area contributed by atoms with E-state index in [9.17, 15) is 0 Å². The monoisotopic (exact) mass is 127 g/mol. The Labute approximate surface area is 57.8 Å². The number of hydrogen-bond donors (Lipinski definition) is 1. The molecule has 1 saturated heterocycles. The third kappa shape index (κ3) is 2.35. The highest BCUT2D eigenvalue weighted by atomic mass is 14.9. The molecule has 0 aromatic rings. The molecule has 0 radical (unpaired) electrons. The maximum atomic E-state index is 3.52. The summed E-state index contributed by atoms with van der Waals surface area (Å²) in [6.07, 6.45) is 6.95. The molecule has 1 aliphatic rings. The van der Waals surface area contributed by atoms with Crippen LogP contribution in [0.4, 0.5) is 0 Å². The van der Waals surface area contributed by atoms with Crippen molar-refractivity contribution in [2.24, 2.45) is 0 Å². The number of rotatable bonds is 2. The predicted octanol–water partition coefficient (Wildman–Crippen LogP) is 1.93. The van der Waals surface area contributed by atoms with E-state index in [2.05, 4.69) is 12.2 Å². The van der Waals surface area contributed by atoms with E-state index < -0.39 is 0 Å². The van der Waals surface area contributed by atoms with Gasteiger partial charge in [0.05, 0.1) is 0 Å². The SMILES string of the molecule is CCCC1CCCCN1. The molecule has 0 bridgehead atoms. The smallest absolute Gasteiger partial charge is 0.00669 e. The Morgan fingerprint density at radius 1 is 1.44 bits per heavy atom. The molecule has 1 aliphatic heterocycles. The second-order valence-electron chi connectivity index (χ2n) is 2.94. The van der Waals surface area contributed by atoms with Crippen LogP contribution in [0.5, 0.6) is 0 Å². The maximum absolute atomic E-state index is 3.52. The minimum atomic E-state index is 0.851. The fourth-order valence-corrected chi connectivity index (χ4v) is 1.52. The summed E-state index contributed by atoms with van der Waals surface area (Å²) < 4.78 is 0. The van der Waals surface area contributed by atoms with Gasteiger partial charge in [0.1, 0.15) is 0 Å². The first-order chi connectivity index (χ1) is 4.43. The summed E-state index contributed by atoms with van der Waals surface area (Å²) in [5.74, 6) is 0. The predicted molar refractivity (Wildman–Crippen MR) is 40.5 cm³/mol. The van der Waals surface area contributed by atoms with Crippen LogP contribution in [0.2, 0.25) is 0 Å². The lowest BCUT2D eigenvalue weighted by Gasteiger charge is -2.22. The number of hydrogen-bond acceptors (Lipinski definition) is 1. The third-order valence-electron chi connectivity index (χ3n) is 2.05. The largest absolute Gasteiger partial charge is 0.314 e. The Morgan fingerprint density at radius 2 is 2.33 bits per heavy atom. The molecule has 1 rings (SSSR count). The Hall–Kier alpha value is -0.0400. The van der Waals surface area contributed by atoms with Crippen LogP contribution in [0.3, 0.4) is 0 Å². The highest BCUT2D eigenvalue weighted by Crippen LogP contribution is 2.10. The zero-order chi connectivity index (χ0) is 6.53. The molecule has 0 aliphatic carbocycles. The average molecular weight is 127 g/mol. The summed E-state index contributed by atoms with van der Waals surface area (Å²) in [5, 5.41) is 3.52. The summed E-state index contributed by atoms with van der Waals surface area (Å²) in [5.41, 5.74) is 0. The van der Waals surface area contributed by atoms with Crippen molar-refractivity contribution in [2.45, 2.75) is 45.1 Å². The normalized spacial score (nSPS) is 28.3. The van der Waals surface area contributed by atoms with E-state index in [4.69, 9.17) is 0 Å². The Bertz CT molecular complexity index is 62.2. The van der Waals surface area contributed by atoms with Gasteiger partial charge < -0.3 is 5.32 Å². The van der Waals surface area contributed by atoms with Crippen LogP contribution in [-0.4, -0.2) is 12.6 Å². The lowest BCUT2D eigenvalue weighted by Crippen LogP contribution is -2.33. The summed E-state index contributed by atoms with van der Waals surface area (Å²) in [4.78, 5) is 0. The van der Waals surface area contributed by atoms with Crippen LogP contribution >= 0.6 is 0 Å². The minimum Gasteiger partial charge on any atom is -0.314 e. The molecule has 0 aromatic carbocycles. The minimum absolute atomic E-state index is 0.851. The van der Waals surface area contributed by atoms with Gasteiger partial charge in [-0.25, -0.2) is 0 Å². The van der Waals surface area contributed by atoms with Crippen molar-refractivity contribution < 1.29 is 0 Å². The van der Waals surface area contributed by atoms with Gasteiger partial charge in [0.15, 0.2) is 0 Å². The summed E-state index contributed by atoms with van der Waals surface area (Å²) in [6.45, 7) is 3.51. The van der Waals surface area contributed by atoms with E-state index in [-0.39, 0.29) is 0 Å². The summed E-state index contributed by atoms with van der Waals surface area (Å²) in [6, 6.07) is 0.851. The fraction of sp³-hybridized carbons (Fsp3) is 1.00. The van der Waals surface area contributed by atoms with Gasteiger partial charge in [0.25, 0.3) is 0 Å². The standard InChI is InChI=1S/C8H17N/c1-2-5-8-6-3-4-7-9-8/h8-9H,2-7H2,1H3. The van der Waals surface area contributed by atoms with Gasteiger partial charge in [-0.2, -0.15) is 0 Å². The van der Waals surface area contributed by atoms with Gasteiger partial charge in [0, 0.05) is 6.04 Å². The van der Waals surface area contributed by atoms with Gasteiger partial charge in [0.2, 0.25) is 0 Å². The van der Waals surface area contributed by atoms with Gasteiger partial charge in [-0.1, -0.05) is 19.8 Å². The Morgan fingerprint density at radius 3 is 2.89 bits per heavy atom. The van der Waals surface area contributed by atoms with Crippen molar-refractivity contribution >= 4 is 0 Å². The zero-order valence-electron chi connectivity index (χ0n) is 6.32. The van der Waals surface area contributed by atoms with Gasteiger partial charge >= 0.3 is 0 Å². The molecule has 1 atom stereocenters. The lowest BCUT2D eigenvalue weighted by molar-refractivity contribution is 0.380. The fourth-order valence-electron chi connectivity index (χ4n) is 1.52. The van der Waals surface area contributed by atoms with Gasteiger partial charge in [-0.05, 0) is 25.8 Å². The molecular formula is C8H17N. The molecule has 0 spiro atoms. The van der Waals surface area contributed by atoms with Crippen molar-refractivity contribution in [3.8, 4) is 0 Å². The molecule has 1 fully saturated rings. The highest BCUT2D eigenvalue weighted by molar-refractivity contribution is 4.70. The number of piperidine rings is 1. The van der Waals surface area contributed by atoms with Crippen LogP contribution in [0.25, 0.3) is 0 Å². The van der Waals surface area contributed by atoms with Gasteiger partial charge in [-0.15, -0.1) is 0 Å². The van der Waals surface area contributed by atoms with Crippen LogP contribution in [-0.2, 0) is 0 Å². The second-order valence-corrected chi connectivity index (χ2v) is 2.94. The second kappa shape index (κ2) is 3.89. The van der Waals surface area contributed by atoms with Crippen molar-refractivity contribution in [3.63, 3.8) is 0 Å². The Kier molecular flexibility index (Phi) is 3.05. The van der Waals surface area contributed by atoms with Gasteiger partial charge in [-0.3, -0.25) is 0 Å². The molecule has 0 amide bonds. The molecule has 0 saturated carbocycles. The molecule has 1 unspecified atom stereocenters. The highest BCUT2D eigenvalue weighted by Gasteiger charge is 2.09. The third-order valence-corrected chi connectivity index (χ3v) is 2.05. The average Bonchev–Trinajstić information content (AvgIpc) is 1.91. The molecule has 1 heteroatoms. The van der Waals surface area contributed by atoms with Crippen LogP contribution in [0.15, 0.2) is 0 Å². The zero-order valence-corrected chi connectivity index (χ0v) is 6.32. The van der Waals surface area contributed by atoms with Crippen LogP contribution in [0, 0.1) is 0 Å². The first-order valence-electron chi connectivity index (χ1n) is 4.17. The van der Waals surface area contributed by atoms with E-state index in [1.807, 2.05) is 0 Å². The maximum Gasteiger partial charge on any atom is 0.00669 e. The molecule has 1 heterocycles. The number of nitrogens with one attached hydrogen (secondary N) is 1. The Balaban J connectivity index is 2.08. The van der Waals surface area contributed by atoms with Crippen molar-refractivity contribution in [1.82, 2.24) is 5.32 Å². The first kappa shape index (κ1) is 7.07. The quantitative estimate of drug-likeness (QED) is 0.597. The summed E-state index contributed by atoms with van der Waals surface area (Å²) in [7, 11) is 0. The molecule has 9 heavy (non-hydrogen) atoms. The van der Waals surface area contributed by atoms with E-state index >= 15 is 0 Å². The van der Waals surface area contributed by atoms with E-state index in [0.29, 0.717) is 0 Å². The van der Waals surface area contributed by atoms with Crippen LogP contribution < -0.4 is 5.32 Å². The van der Waals surface area contributed by atoms with E-state index in [1.165, 1.54) is 38.6 Å². The van der Waals surface area contributed by atoms with Crippen molar-refractivity contribution in [1.29, 1.82) is 0 Å². The van der Waals surface area contributed by atoms with Crippen molar-refractivity contribution in [2.75, 3.05) is 6.54 Å². The molecule has 1 nitrogen and oxygen atoms in total.